The third-order valence-corrected chi connectivity index (χ3v) is 4.73. The summed E-state index contributed by atoms with van der Waals surface area (Å²) in [6.07, 6.45) is 0.446. The van der Waals surface area contributed by atoms with Gasteiger partial charge >= 0.3 is 0 Å². The van der Waals surface area contributed by atoms with Crippen LogP contribution in [0.4, 0.5) is 0 Å². The lowest BCUT2D eigenvalue weighted by atomic mass is 10.2. The van der Waals surface area contributed by atoms with Crippen LogP contribution in [0, 0.1) is 6.92 Å². The van der Waals surface area contributed by atoms with Gasteiger partial charge in [0.15, 0.2) is 0 Å². The summed E-state index contributed by atoms with van der Waals surface area (Å²) in [6.45, 7) is 7.24. The Hall–Kier alpha value is -2.33. The fourth-order valence-electron chi connectivity index (χ4n) is 3.18. The molecule has 0 atom stereocenters. The summed E-state index contributed by atoms with van der Waals surface area (Å²) in [7, 11) is 0. The SMILES string of the molecule is Cc1ccc(OCCC(=O)N2CC[NH+](Cc3ccccc3)CC2)cc1. The molecule has 4 heteroatoms. The number of quaternary nitrogens is 1. The number of aryl methyl sites for hydroxylation is 1. The van der Waals surface area contributed by atoms with Gasteiger partial charge in [-0.1, -0.05) is 48.0 Å². The molecule has 0 unspecified atom stereocenters. The second kappa shape index (κ2) is 8.67. The van der Waals surface area contributed by atoms with Crippen molar-refractivity contribution in [3.05, 3.63) is 65.7 Å². The lowest BCUT2D eigenvalue weighted by Gasteiger charge is -2.32. The molecule has 1 amide bonds. The van der Waals surface area contributed by atoms with Crippen LogP contribution in [0.3, 0.4) is 0 Å². The maximum absolute atomic E-state index is 12.3. The smallest absolute Gasteiger partial charge is 0.226 e. The molecule has 1 fully saturated rings. The van der Waals surface area contributed by atoms with Crippen molar-refractivity contribution in [2.45, 2.75) is 19.9 Å². The summed E-state index contributed by atoms with van der Waals surface area (Å²) < 4.78 is 5.67. The van der Waals surface area contributed by atoms with E-state index >= 15 is 0 Å². The zero-order chi connectivity index (χ0) is 17.5. The van der Waals surface area contributed by atoms with E-state index in [2.05, 4.69) is 24.3 Å². The number of hydrogen-bond donors (Lipinski definition) is 1. The zero-order valence-electron chi connectivity index (χ0n) is 14.9. The molecule has 1 saturated heterocycles. The highest BCUT2D eigenvalue weighted by atomic mass is 16.5. The van der Waals surface area contributed by atoms with Gasteiger partial charge in [0.1, 0.15) is 12.3 Å². The number of rotatable bonds is 6. The molecular formula is C21H27N2O2+. The van der Waals surface area contributed by atoms with Crippen molar-refractivity contribution in [3.8, 4) is 5.75 Å². The van der Waals surface area contributed by atoms with E-state index in [9.17, 15) is 4.79 Å². The molecule has 0 spiro atoms. The molecule has 132 valence electrons. The Balaban J connectivity index is 1.37. The van der Waals surface area contributed by atoms with E-state index in [1.807, 2.05) is 42.2 Å². The third kappa shape index (κ3) is 5.33. The molecule has 0 aliphatic carbocycles. The van der Waals surface area contributed by atoms with Gasteiger partial charge in [-0.15, -0.1) is 0 Å². The quantitative estimate of drug-likeness (QED) is 0.869. The second-order valence-electron chi connectivity index (χ2n) is 6.70. The highest BCUT2D eigenvalue weighted by Crippen LogP contribution is 2.11. The number of nitrogens with zero attached hydrogens (tertiary/aromatic N) is 1. The number of nitrogens with one attached hydrogen (secondary N) is 1. The van der Waals surface area contributed by atoms with E-state index in [4.69, 9.17) is 4.74 Å². The Bertz CT molecular complexity index is 662. The van der Waals surface area contributed by atoms with Gasteiger partial charge in [0, 0.05) is 5.56 Å². The molecule has 1 aliphatic heterocycles. The van der Waals surface area contributed by atoms with Crippen molar-refractivity contribution < 1.29 is 14.4 Å². The zero-order valence-corrected chi connectivity index (χ0v) is 14.9. The lowest BCUT2D eigenvalue weighted by molar-refractivity contribution is -0.917. The van der Waals surface area contributed by atoms with Crippen LogP contribution in [0.2, 0.25) is 0 Å². The van der Waals surface area contributed by atoms with E-state index in [1.54, 1.807) is 4.90 Å². The first-order valence-corrected chi connectivity index (χ1v) is 9.05. The molecule has 1 heterocycles. The molecule has 0 aromatic heterocycles. The summed E-state index contributed by atoms with van der Waals surface area (Å²) >= 11 is 0. The Morgan fingerprint density at radius 2 is 1.72 bits per heavy atom. The van der Waals surface area contributed by atoms with Crippen LogP contribution >= 0.6 is 0 Å². The molecular weight excluding hydrogens is 312 g/mol. The monoisotopic (exact) mass is 339 g/mol. The van der Waals surface area contributed by atoms with Crippen LogP contribution in [0.25, 0.3) is 0 Å². The first-order chi connectivity index (χ1) is 12.2. The summed E-state index contributed by atoms with van der Waals surface area (Å²) in [6, 6.07) is 18.5. The fraction of sp³-hybridized carbons (Fsp3) is 0.381. The van der Waals surface area contributed by atoms with Crippen molar-refractivity contribution in [1.82, 2.24) is 4.90 Å². The standard InChI is InChI=1S/C21H26N2O2/c1-18-7-9-20(10-8-18)25-16-11-21(24)23-14-12-22(13-15-23)17-19-5-3-2-4-6-19/h2-10H,11-17H2,1H3/p+1. The van der Waals surface area contributed by atoms with E-state index in [-0.39, 0.29) is 5.91 Å². The fourth-order valence-corrected chi connectivity index (χ4v) is 3.18. The summed E-state index contributed by atoms with van der Waals surface area (Å²) in [5.74, 6) is 1.03. The van der Waals surface area contributed by atoms with Crippen molar-refractivity contribution in [3.63, 3.8) is 0 Å². The topological polar surface area (TPSA) is 34.0 Å². The van der Waals surface area contributed by atoms with E-state index in [1.165, 1.54) is 11.1 Å². The van der Waals surface area contributed by atoms with E-state index in [0.29, 0.717) is 13.0 Å². The van der Waals surface area contributed by atoms with Crippen LogP contribution in [-0.4, -0.2) is 43.6 Å². The Morgan fingerprint density at radius 1 is 1.04 bits per heavy atom. The number of hydrogen-bond acceptors (Lipinski definition) is 2. The molecule has 2 aromatic rings. The maximum atomic E-state index is 12.3. The average molecular weight is 339 g/mol. The average Bonchev–Trinajstić information content (AvgIpc) is 2.65. The molecule has 3 rings (SSSR count). The van der Waals surface area contributed by atoms with Crippen LogP contribution in [0.15, 0.2) is 54.6 Å². The van der Waals surface area contributed by atoms with Gasteiger partial charge in [0.25, 0.3) is 0 Å². The Labute approximate surface area is 150 Å². The van der Waals surface area contributed by atoms with Gasteiger partial charge in [-0.05, 0) is 19.1 Å². The largest absolute Gasteiger partial charge is 0.493 e. The highest BCUT2D eigenvalue weighted by Gasteiger charge is 2.23. The van der Waals surface area contributed by atoms with Gasteiger partial charge in [-0.25, -0.2) is 0 Å². The first kappa shape index (κ1) is 17.5. The summed E-state index contributed by atoms with van der Waals surface area (Å²) in [5.41, 5.74) is 2.57. The van der Waals surface area contributed by atoms with Crippen molar-refractivity contribution in [2.75, 3.05) is 32.8 Å². The Morgan fingerprint density at radius 3 is 2.40 bits per heavy atom. The molecule has 0 saturated carbocycles. The van der Waals surface area contributed by atoms with E-state index < -0.39 is 0 Å². The van der Waals surface area contributed by atoms with Gasteiger partial charge in [0.2, 0.25) is 5.91 Å². The van der Waals surface area contributed by atoms with Crippen LogP contribution in [0.1, 0.15) is 17.5 Å². The molecule has 0 bridgehead atoms. The van der Waals surface area contributed by atoms with Gasteiger partial charge < -0.3 is 14.5 Å². The minimum atomic E-state index is 0.200. The van der Waals surface area contributed by atoms with Crippen molar-refractivity contribution in [2.24, 2.45) is 0 Å². The highest BCUT2D eigenvalue weighted by molar-refractivity contribution is 5.76. The van der Waals surface area contributed by atoms with Gasteiger partial charge in [-0.2, -0.15) is 0 Å². The number of piperazine rings is 1. The van der Waals surface area contributed by atoms with Gasteiger partial charge in [-0.3, -0.25) is 4.79 Å². The predicted octanol–water partition coefficient (Wildman–Crippen LogP) is 1.69. The third-order valence-electron chi connectivity index (χ3n) is 4.73. The summed E-state index contributed by atoms with van der Waals surface area (Å²) in [5, 5.41) is 0. The predicted molar refractivity (Wildman–Crippen MR) is 98.7 cm³/mol. The molecule has 2 aromatic carbocycles. The molecule has 1 aliphatic rings. The Kier molecular flexibility index (Phi) is 6.07. The van der Waals surface area contributed by atoms with Crippen LogP contribution < -0.4 is 9.64 Å². The van der Waals surface area contributed by atoms with Gasteiger partial charge in [0.05, 0.1) is 39.2 Å². The molecule has 0 radical (unpaired) electrons. The second-order valence-corrected chi connectivity index (χ2v) is 6.70. The lowest BCUT2D eigenvalue weighted by Crippen LogP contribution is -3.13. The first-order valence-electron chi connectivity index (χ1n) is 9.05. The number of benzene rings is 2. The van der Waals surface area contributed by atoms with Crippen LogP contribution in [-0.2, 0) is 11.3 Å². The molecule has 1 N–H and O–H groups in total. The minimum Gasteiger partial charge on any atom is -0.493 e. The van der Waals surface area contributed by atoms with Crippen LogP contribution in [0.5, 0.6) is 5.75 Å². The van der Waals surface area contributed by atoms with Crippen molar-refractivity contribution >= 4 is 5.91 Å². The molecule has 4 nitrogen and oxygen atoms in total. The van der Waals surface area contributed by atoms with E-state index in [0.717, 1.165) is 38.5 Å². The minimum absolute atomic E-state index is 0.200. The number of amides is 1. The number of carbonyl (C=O) groups is 1. The normalized spacial score (nSPS) is 15.2. The molecule has 25 heavy (non-hydrogen) atoms. The maximum Gasteiger partial charge on any atom is 0.226 e. The number of ether oxygens (including phenoxy) is 1. The van der Waals surface area contributed by atoms with Crippen molar-refractivity contribution in [1.29, 1.82) is 0 Å². The summed E-state index contributed by atoms with van der Waals surface area (Å²) in [4.78, 5) is 15.9. The number of carbonyl (C=O) groups excluding carboxylic acids is 1.